The molecule has 2 fully saturated rings. The summed E-state index contributed by atoms with van der Waals surface area (Å²) in [6.07, 6.45) is 3.51. The molecule has 0 radical (unpaired) electrons. The molecule has 6 nitrogen and oxygen atoms in total. The lowest BCUT2D eigenvalue weighted by molar-refractivity contribution is -0.140. The van der Waals surface area contributed by atoms with E-state index in [0.717, 1.165) is 36.5 Å². The average Bonchev–Trinajstić information content (AvgIpc) is 2.93. The fourth-order valence-corrected chi connectivity index (χ4v) is 4.26. The van der Waals surface area contributed by atoms with E-state index in [1.165, 1.54) is 11.0 Å². The van der Waals surface area contributed by atoms with E-state index in [-0.39, 0.29) is 48.3 Å². The van der Waals surface area contributed by atoms with Crippen LogP contribution in [0.1, 0.15) is 32.1 Å². The van der Waals surface area contributed by atoms with E-state index in [1.54, 1.807) is 6.07 Å². The first-order valence-electron chi connectivity index (χ1n) is 9.42. The highest BCUT2D eigenvalue weighted by Crippen LogP contribution is 2.38. The minimum absolute atomic E-state index is 0.0126. The monoisotopic (exact) mass is 366 g/mol. The number of nitrogens with zero attached hydrogens (tertiary/aromatic N) is 1. The summed E-state index contributed by atoms with van der Waals surface area (Å²) in [5.74, 6) is -1.01. The van der Waals surface area contributed by atoms with Crippen molar-refractivity contribution < 1.29 is 19.5 Å². The van der Waals surface area contributed by atoms with Crippen molar-refractivity contribution in [1.29, 1.82) is 0 Å². The molecular weight excluding hydrogens is 344 g/mol. The average molecular weight is 366 g/mol. The Morgan fingerprint density at radius 1 is 1.04 bits per heavy atom. The standard InChI is InChI=1S/C21H22N2O4/c24-17-10-9-13-5-1-2-6-14(13)19(17)22-18(25)11-12-23-20(26)15-7-3-4-8-16(15)21(23)27/h1-2,5-6,9-10,15-16,24H,3-4,7-8,11-12H2,(H,22,25)/t15-,16-/m1/s1. The molecule has 2 aromatic rings. The second-order valence-corrected chi connectivity index (χ2v) is 7.30. The van der Waals surface area contributed by atoms with Gasteiger partial charge in [0.15, 0.2) is 0 Å². The van der Waals surface area contributed by atoms with Gasteiger partial charge < -0.3 is 10.4 Å². The van der Waals surface area contributed by atoms with Gasteiger partial charge in [-0.1, -0.05) is 43.2 Å². The van der Waals surface area contributed by atoms with E-state index >= 15 is 0 Å². The fourth-order valence-electron chi connectivity index (χ4n) is 4.26. The van der Waals surface area contributed by atoms with Gasteiger partial charge in [0.1, 0.15) is 5.75 Å². The first-order valence-corrected chi connectivity index (χ1v) is 9.42. The number of carbonyl (C=O) groups excluding carboxylic acids is 3. The third-order valence-corrected chi connectivity index (χ3v) is 5.67. The Morgan fingerprint density at radius 3 is 2.41 bits per heavy atom. The molecule has 1 saturated heterocycles. The summed E-state index contributed by atoms with van der Waals surface area (Å²) in [6, 6.07) is 10.8. The Bertz CT molecular complexity index is 900. The van der Waals surface area contributed by atoms with Crippen LogP contribution in [0.3, 0.4) is 0 Å². The van der Waals surface area contributed by atoms with Crippen LogP contribution in [-0.4, -0.2) is 34.3 Å². The molecule has 3 amide bonds. The first-order chi connectivity index (χ1) is 13.1. The van der Waals surface area contributed by atoms with Gasteiger partial charge in [0, 0.05) is 18.4 Å². The topological polar surface area (TPSA) is 86.7 Å². The summed E-state index contributed by atoms with van der Waals surface area (Å²) in [4.78, 5) is 38.6. The highest BCUT2D eigenvalue weighted by atomic mass is 16.3. The third-order valence-electron chi connectivity index (χ3n) is 5.67. The van der Waals surface area contributed by atoms with Crippen LogP contribution >= 0.6 is 0 Å². The predicted molar refractivity (Wildman–Crippen MR) is 101 cm³/mol. The molecule has 0 bridgehead atoms. The lowest BCUT2D eigenvalue weighted by Gasteiger charge is -2.19. The van der Waals surface area contributed by atoms with Crippen molar-refractivity contribution in [3.05, 3.63) is 36.4 Å². The molecule has 27 heavy (non-hydrogen) atoms. The second kappa shape index (κ2) is 7.02. The van der Waals surface area contributed by atoms with Crippen molar-refractivity contribution in [3.8, 4) is 5.75 Å². The van der Waals surface area contributed by atoms with E-state index in [2.05, 4.69) is 5.32 Å². The van der Waals surface area contributed by atoms with Crippen LogP contribution in [0.5, 0.6) is 5.75 Å². The van der Waals surface area contributed by atoms with Gasteiger partial charge in [-0.3, -0.25) is 19.3 Å². The Balaban J connectivity index is 1.44. The van der Waals surface area contributed by atoms with Gasteiger partial charge in [0.2, 0.25) is 17.7 Å². The number of benzene rings is 2. The van der Waals surface area contributed by atoms with Crippen LogP contribution in [0.2, 0.25) is 0 Å². The number of phenols is 1. The van der Waals surface area contributed by atoms with Crippen molar-refractivity contribution in [3.63, 3.8) is 0 Å². The lowest BCUT2D eigenvalue weighted by atomic mass is 9.81. The zero-order valence-corrected chi connectivity index (χ0v) is 15.0. The number of phenolic OH excluding ortho intramolecular Hbond substituents is 1. The number of hydrogen-bond acceptors (Lipinski definition) is 4. The maximum atomic E-state index is 12.5. The molecule has 1 aliphatic carbocycles. The van der Waals surface area contributed by atoms with Crippen molar-refractivity contribution in [2.24, 2.45) is 11.8 Å². The molecule has 2 atom stereocenters. The minimum atomic E-state index is -0.336. The zero-order valence-electron chi connectivity index (χ0n) is 15.0. The van der Waals surface area contributed by atoms with E-state index in [0.29, 0.717) is 5.69 Å². The number of likely N-dealkylation sites (tertiary alicyclic amines) is 1. The lowest BCUT2D eigenvalue weighted by Crippen LogP contribution is -2.34. The van der Waals surface area contributed by atoms with E-state index in [4.69, 9.17) is 0 Å². The normalized spacial score (nSPS) is 22.1. The zero-order chi connectivity index (χ0) is 19.0. The maximum Gasteiger partial charge on any atom is 0.233 e. The van der Waals surface area contributed by atoms with Crippen molar-refractivity contribution in [2.75, 3.05) is 11.9 Å². The molecule has 2 aliphatic rings. The Labute approximate surface area is 157 Å². The van der Waals surface area contributed by atoms with E-state index in [1.807, 2.05) is 24.3 Å². The molecule has 0 aromatic heterocycles. The smallest absolute Gasteiger partial charge is 0.233 e. The van der Waals surface area contributed by atoms with Gasteiger partial charge in [0.25, 0.3) is 0 Å². The Kier molecular flexibility index (Phi) is 4.56. The molecule has 2 aromatic carbocycles. The minimum Gasteiger partial charge on any atom is -0.506 e. The first kappa shape index (κ1) is 17.5. The van der Waals surface area contributed by atoms with Crippen LogP contribution in [0, 0.1) is 11.8 Å². The number of fused-ring (bicyclic) bond motifs is 2. The summed E-state index contributed by atoms with van der Waals surface area (Å²) in [5, 5.41) is 14.5. The molecule has 1 heterocycles. The van der Waals surface area contributed by atoms with Crippen LogP contribution in [-0.2, 0) is 14.4 Å². The van der Waals surface area contributed by atoms with Gasteiger partial charge in [-0.25, -0.2) is 0 Å². The second-order valence-electron chi connectivity index (χ2n) is 7.30. The van der Waals surface area contributed by atoms with Gasteiger partial charge in [-0.05, 0) is 24.3 Å². The molecule has 6 heteroatoms. The molecule has 0 spiro atoms. The molecule has 1 aliphatic heterocycles. The summed E-state index contributed by atoms with van der Waals surface area (Å²) in [5.41, 5.74) is 0.353. The quantitative estimate of drug-likeness (QED) is 0.643. The van der Waals surface area contributed by atoms with Gasteiger partial charge in [-0.2, -0.15) is 0 Å². The highest BCUT2D eigenvalue weighted by molar-refractivity contribution is 6.07. The predicted octanol–water partition coefficient (Wildman–Crippen LogP) is 3.05. The number of nitrogens with one attached hydrogen (secondary N) is 1. The maximum absolute atomic E-state index is 12.5. The SMILES string of the molecule is O=C(CCN1C(=O)[C@@H]2CCCC[C@H]2C1=O)Nc1c(O)ccc2ccccc12. The van der Waals surface area contributed by atoms with E-state index in [9.17, 15) is 19.5 Å². The molecule has 140 valence electrons. The number of anilines is 1. The Morgan fingerprint density at radius 2 is 1.70 bits per heavy atom. The van der Waals surface area contributed by atoms with Crippen molar-refractivity contribution in [2.45, 2.75) is 32.1 Å². The highest BCUT2D eigenvalue weighted by Gasteiger charge is 2.47. The van der Waals surface area contributed by atoms with Gasteiger partial charge >= 0.3 is 0 Å². The third kappa shape index (κ3) is 3.16. The number of hydrogen-bond donors (Lipinski definition) is 2. The molecule has 2 N–H and O–H groups in total. The molecule has 0 unspecified atom stereocenters. The molecule has 4 rings (SSSR count). The fraction of sp³-hybridized carbons (Fsp3) is 0.381. The number of amides is 3. The van der Waals surface area contributed by atoms with Crippen LogP contribution < -0.4 is 5.32 Å². The van der Waals surface area contributed by atoms with Crippen LogP contribution in [0.4, 0.5) is 5.69 Å². The molecular formula is C21H22N2O4. The largest absolute Gasteiger partial charge is 0.506 e. The summed E-state index contributed by atoms with van der Waals surface area (Å²) in [7, 11) is 0. The van der Waals surface area contributed by atoms with Crippen LogP contribution in [0.15, 0.2) is 36.4 Å². The molecule has 1 saturated carbocycles. The number of rotatable bonds is 4. The number of carbonyl (C=O) groups is 3. The van der Waals surface area contributed by atoms with Crippen molar-refractivity contribution >= 4 is 34.2 Å². The Hall–Kier alpha value is -2.89. The van der Waals surface area contributed by atoms with Gasteiger partial charge in [0.05, 0.1) is 17.5 Å². The van der Waals surface area contributed by atoms with Crippen molar-refractivity contribution in [1.82, 2.24) is 4.90 Å². The van der Waals surface area contributed by atoms with E-state index < -0.39 is 0 Å². The summed E-state index contributed by atoms with van der Waals surface area (Å²) < 4.78 is 0. The van der Waals surface area contributed by atoms with Gasteiger partial charge in [-0.15, -0.1) is 0 Å². The number of aromatic hydroxyl groups is 1. The van der Waals surface area contributed by atoms with Crippen LogP contribution in [0.25, 0.3) is 10.8 Å². The summed E-state index contributed by atoms with van der Waals surface area (Å²) in [6.45, 7) is 0.0853. The summed E-state index contributed by atoms with van der Waals surface area (Å²) >= 11 is 0. The number of imide groups is 1.